The number of benzene rings is 9. The molecule has 9 rings (SSSR count). The molecule has 4 atom stereocenters. The molecular formula is C95H110Br2F9K2N5O14. The van der Waals surface area contributed by atoms with E-state index in [1.54, 1.807) is 95.7 Å². The van der Waals surface area contributed by atoms with Crippen LogP contribution in [0.15, 0.2) is 252 Å². The van der Waals surface area contributed by atoms with E-state index in [1.807, 2.05) is 103 Å². The molecule has 0 aliphatic rings. The molecule has 9 aromatic rings. The van der Waals surface area contributed by atoms with Crippen LogP contribution in [0.3, 0.4) is 0 Å². The quantitative estimate of drug-likeness (QED) is 0.00292. The van der Waals surface area contributed by atoms with Crippen LogP contribution in [0.1, 0.15) is 169 Å². The predicted molar refractivity (Wildman–Crippen MR) is 473 cm³/mol. The van der Waals surface area contributed by atoms with Gasteiger partial charge in [-0.1, -0.05) is 250 Å². The Morgan fingerprint density at radius 1 is 0.457 bits per heavy atom. The summed E-state index contributed by atoms with van der Waals surface area (Å²) in [6.07, 6.45) is -1.69. The zero-order valence-corrected chi connectivity index (χ0v) is 80.7. The third-order valence-corrected chi connectivity index (χ3v) is 17.6. The topological polar surface area (TPSA) is 359 Å². The first-order valence-electron chi connectivity index (χ1n) is 39.2. The normalized spacial score (nSPS) is 11.0. The van der Waals surface area contributed by atoms with Gasteiger partial charge in [-0.15, -0.1) is 12.3 Å². The standard InChI is InChI=1S/C21H20F3NO2.C19H25NO.C19H21NO.C11H11BrF3NO2.C11H9BrF3NO2.C10H10.C2H6O.CH2O3.CH4O.2K.H2O.H/c22-21(23,24)20(27)25-14-13-19(26)18-12-6-11-17(15-18)10-5-4-9-16-7-2-1-3-8-16;2*20-14-13-19(21)18-12-6-11-17(15-18)10-5-4-9-16-7-2-1-3-8-16;2*12-8-3-1-2-7(6-8)9(17)4-5-16-10(18)11(13,14)15;1-2-3-7-10-8-5-4-6-9-10;1-2-3;2-1-4-3;1-2;;;;/h1-3,6-8,11-12,15,19,26H,4,9,13-14H2,(H,25,27);1-3,6-8,11-12,15,19,21H,4-5,9-10,13-14,20H2;1-3,6-8,11-12,15,19,21H,4,9,13-14,20H2;1-3,6,9,17H,4-5H2,(H,16,18);1-3,6H,4-5H2,(H,16,18);1,4-6,8-9H,3,7H2;3H,2H2,1H3;1,3H;2H,1H3;;;1H2;/q;;;;;;;;;2*+1;;-1/p-1/t3*19-;9-;;;;;;;;;/m1111........./s1. The van der Waals surface area contributed by atoms with Crippen molar-refractivity contribution in [2.45, 2.75) is 146 Å². The van der Waals surface area contributed by atoms with Gasteiger partial charge in [0.25, 0.3) is 6.47 Å². The van der Waals surface area contributed by atoms with Gasteiger partial charge in [-0.2, -0.15) is 39.5 Å². The first-order valence-corrected chi connectivity index (χ1v) is 40.8. The van der Waals surface area contributed by atoms with E-state index in [-0.39, 0.29) is 167 Å². The molecule has 0 aromatic heterocycles. The summed E-state index contributed by atoms with van der Waals surface area (Å²) < 4.78 is 109. The van der Waals surface area contributed by atoms with Crippen molar-refractivity contribution in [1.82, 2.24) is 16.0 Å². The number of rotatable bonds is 30. The van der Waals surface area contributed by atoms with E-state index in [1.165, 1.54) is 40.7 Å². The van der Waals surface area contributed by atoms with Crippen LogP contribution in [0.2, 0.25) is 0 Å². The monoisotopic (exact) mass is 1950 g/mol. The summed E-state index contributed by atoms with van der Waals surface area (Å²) in [5.74, 6) is 8.70. The molecular weight excluding hydrogens is 1840 g/mol. The Morgan fingerprint density at radius 3 is 1.10 bits per heavy atom. The van der Waals surface area contributed by atoms with E-state index in [2.05, 4.69) is 133 Å². The Balaban J connectivity index is -0.000000712. The average Bonchev–Trinajstić information content (AvgIpc) is 0.896. The van der Waals surface area contributed by atoms with E-state index < -0.39 is 60.7 Å². The zero-order valence-electron chi connectivity index (χ0n) is 72.3. The van der Waals surface area contributed by atoms with Crippen LogP contribution in [0.4, 0.5) is 39.5 Å². The maximum atomic E-state index is 12.1. The van der Waals surface area contributed by atoms with Crippen molar-refractivity contribution in [3.63, 3.8) is 0 Å². The maximum Gasteiger partial charge on any atom is 1.00 e. The third-order valence-electron chi connectivity index (χ3n) is 16.6. The van der Waals surface area contributed by atoms with Gasteiger partial charge in [0, 0.05) is 84.7 Å². The molecule has 0 bridgehead atoms. The molecule has 19 nitrogen and oxygen atoms in total. The number of carbonyl (C=O) groups excluding carboxylic acids is 5. The predicted octanol–water partition coefficient (Wildman–Crippen LogP) is 9.30. The van der Waals surface area contributed by atoms with E-state index in [4.69, 9.17) is 38.2 Å². The number of Topliss-reactive ketones (excluding diaryl/α,β-unsaturated/α-hetero) is 1. The number of terminal acetylenes is 1. The van der Waals surface area contributed by atoms with Gasteiger partial charge in [-0.3, -0.25) is 24.0 Å². The number of alkyl halides is 9. The second kappa shape index (κ2) is 75.1. The number of nitrogens with two attached hydrogens (primary N) is 2. The van der Waals surface area contributed by atoms with E-state index in [9.17, 15) is 79.1 Å². The average molecular weight is 1950 g/mol. The summed E-state index contributed by atoms with van der Waals surface area (Å²) in [6, 6.07) is 77.4. The summed E-state index contributed by atoms with van der Waals surface area (Å²) in [7, 11) is 1.00. The summed E-state index contributed by atoms with van der Waals surface area (Å²) >= 11 is 6.40. The van der Waals surface area contributed by atoms with Crippen molar-refractivity contribution in [2.24, 2.45) is 11.5 Å². The Morgan fingerprint density at radius 2 is 0.756 bits per heavy atom. The van der Waals surface area contributed by atoms with Crippen LogP contribution in [0, 0.1) is 36.0 Å². The van der Waals surface area contributed by atoms with Crippen LogP contribution < -0.4 is 135 Å². The number of hydrogen-bond acceptors (Lipinski definition) is 15. The van der Waals surface area contributed by atoms with Gasteiger partial charge in [-0.05, 0) is 189 Å². The maximum absolute atomic E-state index is 12.1. The summed E-state index contributed by atoms with van der Waals surface area (Å²) in [5.41, 5.74) is 22.5. The van der Waals surface area contributed by atoms with Crippen LogP contribution in [-0.2, 0) is 56.2 Å². The molecule has 3 amide bonds. The minimum atomic E-state index is -4.92. The van der Waals surface area contributed by atoms with Crippen molar-refractivity contribution in [3.05, 3.63) is 318 Å². The van der Waals surface area contributed by atoms with Gasteiger partial charge in [0.05, 0.1) is 24.4 Å². The Hall–Kier alpha value is -7.59. The molecule has 0 saturated carbocycles. The number of aliphatic hydroxyl groups excluding tert-OH is 6. The number of amides is 3. The van der Waals surface area contributed by atoms with Gasteiger partial charge < -0.3 is 75.1 Å². The molecule has 0 heterocycles. The van der Waals surface area contributed by atoms with Gasteiger partial charge in [-0.25, -0.2) is 0 Å². The van der Waals surface area contributed by atoms with E-state index in [0.29, 0.717) is 53.5 Å². The van der Waals surface area contributed by atoms with Crippen LogP contribution in [-0.4, -0.2) is 131 Å². The summed E-state index contributed by atoms with van der Waals surface area (Å²) in [6.45, 7) is 1.89. The van der Waals surface area contributed by atoms with Crippen molar-refractivity contribution in [1.29, 1.82) is 0 Å². The molecule has 0 fully saturated rings. The Kier molecular flexibility index (Phi) is 73.1. The van der Waals surface area contributed by atoms with Crippen LogP contribution in [0.5, 0.6) is 0 Å². The summed E-state index contributed by atoms with van der Waals surface area (Å²) in [4.78, 5) is 54.6. The van der Waals surface area contributed by atoms with Gasteiger partial charge in [0.15, 0.2) is 5.78 Å². The SMILES string of the molecule is C#CCCc1ccccc1.CCO.CO.NCC[C@@H](O)c1cccc(C#CCCc2ccccc2)c1.NCC[C@@H](O)c1cccc(CCCCc2ccccc2)c1.O.O=C(CCNC(=O)C(F)(F)F)c1cccc(Br)c1.O=C(NCC[C@@H](O)c1cccc(Br)c1)C(F)(F)F.O=C(NCC[C@@H](O)c1cccc(C#CCCc2ccccc2)c1)C(F)(F)F.O=CO[O-].[H-].[K+].[K+]. The minimum Gasteiger partial charge on any atom is -1.00 e. The van der Waals surface area contributed by atoms with Gasteiger partial charge in [0.2, 0.25) is 0 Å². The van der Waals surface area contributed by atoms with Gasteiger partial charge >= 0.3 is 139 Å². The van der Waals surface area contributed by atoms with Crippen LogP contribution in [0.25, 0.3) is 0 Å². The van der Waals surface area contributed by atoms with Crippen molar-refractivity contribution in [3.8, 4) is 36.0 Å². The summed E-state index contributed by atoms with van der Waals surface area (Å²) in [5, 5.41) is 67.8. The minimum absolute atomic E-state index is 0. The first kappa shape index (κ1) is 124. The van der Waals surface area contributed by atoms with Crippen molar-refractivity contribution >= 4 is 61.8 Å². The number of unbranched alkanes of at least 4 members (excludes halogenated alkanes) is 1. The second-order valence-electron chi connectivity index (χ2n) is 26.3. The van der Waals surface area contributed by atoms with Crippen molar-refractivity contribution < 1.29 is 214 Å². The molecule has 127 heavy (non-hydrogen) atoms. The molecule has 0 unspecified atom stereocenters. The number of carbonyl (C=O) groups is 5. The Labute approximate surface area is 841 Å². The number of ketones is 1. The fraction of sp³-hybridized carbons (Fsp3) is 0.316. The molecule has 678 valence electrons. The molecule has 0 aliphatic carbocycles. The number of nitrogens with one attached hydrogen (secondary N) is 3. The smallest absolute Gasteiger partial charge is 1.00 e. The molecule has 9 aromatic carbocycles. The third kappa shape index (κ3) is 60.8. The van der Waals surface area contributed by atoms with Crippen molar-refractivity contribution in [2.75, 3.05) is 46.4 Å². The second-order valence-corrected chi connectivity index (χ2v) is 28.1. The fourth-order valence-electron chi connectivity index (χ4n) is 10.5. The molecule has 15 N–H and O–H groups in total. The zero-order chi connectivity index (χ0) is 92.4. The number of hydrogen-bond donors (Lipinski definition) is 11. The molecule has 0 aliphatic heterocycles. The molecule has 0 spiro atoms. The van der Waals surface area contributed by atoms with Crippen LogP contribution >= 0.6 is 31.9 Å². The largest absolute Gasteiger partial charge is 1.00 e. The Bertz CT molecular complexity index is 4630. The molecule has 32 heteroatoms. The first-order chi connectivity index (χ1) is 59.3. The van der Waals surface area contributed by atoms with E-state index in [0.717, 1.165) is 78.8 Å². The molecule has 0 saturated heterocycles. The molecule has 0 radical (unpaired) electrons. The van der Waals surface area contributed by atoms with E-state index >= 15 is 0 Å². The number of aliphatic hydroxyl groups is 6. The number of aryl methyl sites for hydroxylation is 5. The number of halogens is 11. The fourth-order valence-corrected chi connectivity index (χ4v) is 11.4. The van der Waals surface area contributed by atoms with Gasteiger partial charge in [0.1, 0.15) is 0 Å².